The van der Waals surface area contributed by atoms with Crippen LogP contribution in [0.25, 0.3) is 0 Å². The predicted octanol–water partition coefficient (Wildman–Crippen LogP) is 2.91. The molecule has 0 bridgehead atoms. The molecule has 1 aromatic rings. The number of likely N-dealkylation sites (tertiary alicyclic amines) is 2. The van der Waals surface area contributed by atoms with E-state index in [0.29, 0.717) is 17.6 Å². The number of rotatable bonds is 3. The zero-order valence-corrected chi connectivity index (χ0v) is 12.6. The molecule has 2 fully saturated rings. The van der Waals surface area contributed by atoms with Crippen LogP contribution in [-0.2, 0) is 0 Å². The van der Waals surface area contributed by atoms with Gasteiger partial charge < -0.3 is 4.90 Å². The van der Waals surface area contributed by atoms with Crippen LogP contribution in [-0.4, -0.2) is 47.4 Å². The Morgan fingerprint density at radius 1 is 1.14 bits per heavy atom. The molecule has 21 heavy (non-hydrogen) atoms. The van der Waals surface area contributed by atoms with Crippen molar-refractivity contribution >= 4 is 5.91 Å². The molecule has 4 heteroatoms. The van der Waals surface area contributed by atoms with Crippen LogP contribution in [0, 0.1) is 5.82 Å². The van der Waals surface area contributed by atoms with E-state index in [9.17, 15) is 9.18 Å². The molecule has 2 saturated heterocycles. The van der Waals surface area contributed by atoms with Crippen molar-refractivity contribution in [3.05, 3.63) is 35.6 Å². The highest BCUT2D eigenvalue weighted by Gasteiger charge is 2.39. The van der Waals surface area contributed by atoms with E-state index < -0.39 is 0 Å². The van der Waals surface area contributed by atoms with Crippen LogP contribution in [0.2, 0.25) is 0 Å². The molecular weight excluding hydrogens is 267 g/mol. The third-order valence-corrected chi connectivity index (χ3v) is 4.92. The number of carbonyl (C=O) groups is 1. The number of nitrogens with zero attached hydrogens (tertiary/aromatic N) is 2. The Morgan fingerprint density at radius 2 is 1.81 bits per heavy atom. The Balaban J connectivity index is 1.77. The summed E-state index contributed by atoms with van der Waals surface area (Å²) < 4.78 is 13.0. The summed E-state index contributed by atoms with van der Waals surface area (Å²) in [6, 6.07) is 6.75. The molecule has 3 nitrogen and oxygen atoms in total. The van der Waals surface area contributed by atoms with Crippen molar-refractivity contribution in [2.75, 3.05) is 19.6 Å². The van der Waals surface area contributed by atoms with E-state index in [1.165, 1.54) is 25.0 Å². The zero-order valence-electron chi connectivity index (χ0n) is 12.6. The van der Waals surface area contributed by atoms with Gasteiger partial charge in [0.05, 0.1) is 0 Å². The Bertz CT molecular complexity index is 502. The standard InChI is InChI=1S/C17H23FN2O/c1-2-19-11-3-5-15(19)16-6-4-12-20(16)17(21)13-7-9-14(18)10-8-13/h7-10,15-16H,2-6,11-12H2,1H3/t15-,16-/m1/s1. The lowest BCUT2D eigenvalue weighted by atomic mass is 10.0. The van der Waals surface area contributed by atoms with Gasteiger partial charge in [-0.15, -0.1) is 0 Å². The van der Waals surface area contributed by atoms with Crippen molar-refractivity contribution in [1.29, 1.82) is 0 Å². The number of benzene rings is 1. The van der Waals surface area contributed by atoms with Gasteiger partial charge in [-0.3, -0.25) is 9.69 Å². The molecule has 2 aliphatic heterocycles. The van der Waals surface area contributed by atoms with Gasteiger partial charge in [0.15, 0.2) is 0 Å². The van der Waals surface area contributed by atoms with Crippen molar-refractivity contribution < 1.29 is 9.18 Å². The van der Waals surface area contributed by atoms with Crippen molar-refractivity contribution in [3.8, 4) is 0 Å². The smallest absolute Gasteiger partial charge is 0.254 e. The molecule has 0 unspecified atom stereocenters. The summed E-state index contributed by atoms with van der Waals surface area (Å²) in [5.74, 6) is -0.238. The largest absolute Gasteiger partial charge is 0.334 e. The topological polar surface area (TPSA) is 23.6 Å². The Morgan fingerprint density at radius 3 is 2.52 bits per heavy atom. The number of halogens is 1. The van der Waals surface area contributed by atoms with Gasteiger partial charge in [0.25, 0.3) is 5.91 Å². The second-order valence-electron chi connectivity index (χ2n) is 6.05. The first-order valence-corrected chi connectivity index (χ1v) is 8.01. The minimum Gasteiger partial charge on any atom is -0.334 e. The van der Waals surface area contributed by atoms with Gasteiger partial charge in [0, 0.05) is 24.2 Å². The van der Waals surface area contributed by atoms with E-state index in [4.69, 9.17) is 0 Å². The van der Waals surface area contributed by atoms with Crippen LogP contribution in [0.1, 0.15) is 43.0 Å². The second kappa shape index (κ2) is 6.14. The molecule has 0 saturated carbocycles. The van der Waals surface area contributed by atoms with Gasteiger partial charge in [0.2, 0.25) is 0 Å². The first-order chi connectivity index (χ1) is 10.2. The lowest BCUT2D eigenvalue weighted by Gasteiger charge is -2.34. The first kappa shape index (κ1) is 14.5. The van der Waals surface area contributed by atoms with Crippen LogP contribution in [0.4, 0.5) is 4.39 Å². The van der Waals surface area contributed by atoms with Crippen LogP contribution in [0.5, 0.6) is 0 Å². The van der Waals surface area contributed by atoms with E-state index in [1.54, 1.807) is 12.1 Å². The number of carbonyl (C=O) groups excluding carboxylic acids is 1. The van der Waals surface area contributed by atoms with E-state index >= 15 is 0 Å². The fourth-order valence-electron chi connectivity index (χ4n) is 3.88. The Hall–Kier alpha value is -1.42. The maximum absolute atomic E-state index is 13.0. The van der Waals surface area contributed by atoms with Gasteiger partial charge >= 0.3 is 0 Å². The summed E-state index contributed by atoms with van der Waals surface area (Å²) in [5, 5.41) is 0. The minimum atomic E-state index is -0.294. The van der Waals surface area contributed by atoms with Crippen molar-refractivity contribution in [3.63, 3.8) is 0 Å². The molecule has 0 radical (unpaired) electrons. The van der Waals surface area contributed by atoms with Crippen LogP contribution in [0.3, 0.4) is 0 Å². The van der Waals surface area contributed by atoms with Gasteiger partial charge in [-0.2, -0.15) is 0 Å². The van der Waals surface area contributed by atoms with Gasteiger partial charge in [-0.05, 0) is 63.0 Å². The molecule has 2 aliphatic rings. The summed E-state index contributed by atoms with van der Waals surface area (Å²) in [7, 11) is 0. The highest BCUT2D eigenvalue weighted by Crippen LogP contribution is 2.30. The summed E-state index contributed by atoms with van der Waals surface area (Å²) in [6.07, 6.45) is 4.58. The molecule has 0 aromatic heterocycles. The normalized spacial score (nSPS) is 26.5. The average molecular weight is 290 g/mol. The third kappa shape index (κ3) is 2.82. The lowest BCUT2D eigenvalue weighted by Crippen LogP contribution is -2.48. The molecule has 114 valence electrons. The van der Waals surface area contributed by atoms with Gasteiger partial charge in [-0.25, -0.2) is 4.39 Å². The van der Waals surface area contributed by atoms with Crippen LogP contribution >= 0.6 is 0 Å². The SMILES string of the molecule is CCN1CCC[C@@H]1[C@H]1CCCN1C(=O)c1ccc(F)cc1. The molecule has 0 aliphatic carbocycles. The Labute approximate surface area is 125 Å². The fourth-order valence-corrected chi connectivity index (χ4v) is 3.88. The molecule has 0 N–H and O–H groups in total. The van der Waals surface area contributed by atoms with E-state index in [0.717, 1.165) is 32.5 Å². The fraction of sp³-hybridized carbons (Fsp3) is 0.588. The molecule has 3 rings (SSSR count). The van der Waals surface area contributed by atoms with E-state index in [1.807, 2.05) is 4.90 Å². The number of hydrogen-bond acceptors (Lipinski definition) is 2. The Kier molecular flexibility index (Phi) is 4.24. The van der Waals surface area contributed by atoms with Crippen LogP contribution < -0.4 is 0 Å². The maximum Gasteiger partial charge on any atom is 0.254 e. The van der Waals surface area contributed by atoms with Gasteiger partial charge in [0.1, 0.15) is 5.82 Å². The second-order valence-corrected chi connectivity index (χ2v) is 6.05. The first-order valence-electron chi connectivity index (χ1n) is 8.01. The molecule has 1 amide bonds. The summed E-state index contributed by atoms with van der Waals surface area (Å²) >= 11 is 0. The van der Waals surface area contributed by atoms with Gasteiger partial charge in [-0.1, -0.05) is 6.92 Å². The molecule has 0 spiro atoms. The molecule has 2 heterocycles. The number of hydrogen-bond donors (Lipinski definition) is 0. The molecular formula is C17H23FN2O. The zero-order chi connectivity index (χ0) is 14.8. The highest BCUT2D eigenvalue weighted by atomic mass is 19.1. The molecule has 2 atom stereocenters. The van der Waals surface area contributed by atoms with E-state index in [2.05, 4.69) is 11.8 Å². The van der Waals surface area contributed by atoms with Crippen molar-refractivity contribution in [2.24, 2.45) is 0 Å². The summed E-state index contributed by atoms with van der Waals surface area (Å²) in [5.41, 5.74) is 0.601. The lowest BCUT2D eigenvalue weighted by molar-refractivity contribution is 0.0650. The number of amides is 1. The quantitative estimate of drug-likeness (QED) is 0.854. The average Bonchev–Trinajstić information content (AvgIpc) is 3.15. The monoisotopic (exact) mass is 290 g/mol. The predicted molar refractivity (Wildman–Crippen MR) is 80.7 cm³/mol. The van der Waals surface area contributed by atoms with Crippen molar-refractivity contribution in [1.82, 2.24) is 9.80 Å². The molecule has 1 aromatic carbocycles. The minimum absolute atomic E-state index is 0.0560. The van der Waals surface area contributed by atoms with Crippen LogP contribution in [0.15, 0.2) is 24.3 Å². The summed E-state index contributed by atoms with van der Waals surface area (Å²) in [6.45, 7) is 5.23. The highest BCUT2D eigenvalue weighted by molar-refractivity contribution is 5.94. The summed E-state index contributed by atoms with van der Waals surface area (Å²) in [4.78, 5) is 17.2. The van der Waals surface area contributed by atoms with Crippen molar-refractivity contribution in [2.45, 2.75) is 44.7 Å². The maximum atomic E-state index is 13.0. The third-order valence-electron chi connectivity index (χ3n) is 4.92. The van der Waals surface area contributed by atoms with E-state index in [-0.39, 0.29) is 11.7 Å². The number of likely N-dealkylation sites (N-methyl/N-ethyl adjacent to an activating group) is 1.